The van der Waals surface area contributed by atoms with Gasteiger partial charge in [0.1, 0.15) is 12.4 Å². The largest absolute Gasteiger partial charge is 0.489 e. The minimum Gasteiger partial charge on any atom is -0.489 e. The second kappa shape index (κ2) is 8.48. The molecule has 122 valence electrons. The van der Waals surface area contributed by atoms with Gasteiger partial charge in [0.2, 0.25) is 0 Å². The zero-order chi connectivity index (χ0) is 16.6. The summed E-state index contributed by atoms with van der Waals surface area (Å²) in [4.78, 5) is 4.30. The van der Waals surface area contributed by atoms with Crippen molar-refractivity contribution in [3.8, 4) is 5.75 Å². The van der Waals surface area contributed by atoms with Gasteiger partial charge in [-0.05, 0) is 47.5 Å². The molecule has 0 saturated carbocycles. The van der Waals surface area contributed by atoms with Gasteiger partial charge < -0.3 is 10.1 Å². The predicted octanol–water partition coefficient (Wildman–Crippen LogP) is 4.60. The molecule has 0 aliphatic rings. The number of halogens is 1. The van der Waals surface area contributed by atoms with Crippen molar-refractivity contribution in [1.29, 1.82) is 0 Å². The first-order valence-corrected chi connectivity index (χ1v) is 8.24. The van der Waals surface area contributed by atoms with Crippen LogP contribution in [-0.2, 0) is 19.7 Å². The molecule has 0 radical (unpaired) electrons. The molecule has 0 aliphatic carbocycles. The highest BCUT2D eigenvalue weighted by molar-refractivity contribution is 6.30. The second-order valence-corrected chi connectivity index (χ2v) is 5.92. The average molecular weight is 339 g/mol. The molecule has 4 heteroatoms. The molecular formula is C20H19ClN2O. The third-order valence-electron chi connectivity index (χ3n) is 3.58. The first kappa shape index (κ1) is 16.5. The van der Waals surface area contributed by atoms with Gasteiger partial charge in [0.05, 0.1) is 5.69 Å². The van der Waals surface area contributed by atoms with E-state index in [9.17, 15) is 0 Å². The molecule has 0 bridgehead atoms. The third kappa shape index (κ3) is 5.08. The molecule has 0 atom stereocenters. The average Bonchev–Trinajstić information content (AvgIpc) is 2.63. The van der Waals surface area contributed by atoms with E-state index in [0.29, 0.717) is 6.61 Å². The van der Waals surface area contributed by atoms with Gasteiger partial charge in [0.25, 0.3) is 0 Å². The zero-order valence-electron chi connectivity index (χ0n) is 13.3. The lowest BCUT2D eigenvalue weighted by atomic mass is 10.2. The number of rotatable bonds is 7. The number of nitrogens with zero attached hydrogens (tertiary/aromatic N) is 1. The van der Waals surface area contributed by atoms with Crippen LogP contribution in [0.4, 0.5) is 0 Å². The van der Waals surface area contributed by atoms with Crippen molar-refractivity contribution in [3.63, 3.8) is 0 Å². The Balaban J connectivity index is 1.51. The molecule has 0 aliphatic heterocycles. The van der Waals surface area contributed by atoms with Crippen LogP contribution in [0.25, 0.3) is 0 Å². The van der Waals surface area contributed by atoms with Crippen molar-refractivity contribution < 1.29 is 4.74 Å². The Morgan fingerprint density at radius 2 is 1.75 bits per heavy atom. The summed E-state index contributed by atoms with van der Waals surface area (Å²) in [6.45, 7) is 2.05. The lowest BCUT2D eigenvalue weighted by Crippen LogP contribution is -2.13. The summed E-state index contributed by atoms with van der Waals surface area (Å²) in [7, 11) is 0. The summed E-state index contributed by atoms with van der Waals surface area (Å²) in [5, 5.41) is 4.13. The molecule has 0 spiro atoms. The summed E-state index contributed by atoms with van der Waals surface area (Å²) in [6, 6.07) is 21.7. The van der Waals surface area contributed by atoms with Crippen LogP contribution in [0.5, 0.6) is 5.75 Å². The van der Waals surface area contributed by atoms with Gasteiger partial charge in [-0.3, -0.25) is 4.98 Å². The fraction of sp³-hybridized carbons (Fsp3) is 0.150. The van der Waals surface area contributed by atoms with Gasteiger partial charge in [-0.25, -0.2) is 0 Å². The number of aromatic nitrogens is 1. The fourth-order valence-corrected chi connectivity index (χ4v) is 2.46. The smallest absolute Gasteiger partial charge is 0.120 e. The highest BCUT2D eigenvalue weighted by Gasteiger charge is 2.00. The Morgan fingerprint density at radius 1 is 0.875 bits per heavy atom. The van der Waals surface area contributed by atoms with Crippen LogP contribution in [-0.4, -0.2) is 4.98 Å². The van der Waals surface area contributed by atoms with E-state index >= 15 is 0 Å². The minimum atomic E-state index is 0.530. The predicted molar refractivity (Wildman–Crippen MR) is 97.0 cm³/mol. The Morgan fingerprint density at radius 3 is 2.54 bits per heavy atom. The van der Waals surface area contributed by atoms with Crippen LogP contribution in [0.15, 0.2) is 72.9 Å². The van der Waals surface area contributed by atoms with Gasteiger partial charge in [-0.15, -0.1) is 0 Å². The Hall–Kier alpha value is -2.36. The number of nitrogens with one attached hydrogen (secondary N) is 1. The molecule has 2 aromatic carbocycles. The van der Waals surface area contributed by atoms with Gasteiger partial charge in [0.15, 0.2) is 0 Å². The maximum Gasteiger partial charge on any atom is 0.120 e. The highest BCUT2D eigenvalue weighted by Crippen LogP contribution is 2.16. The summed E-state index contributed by atoms with van der Waals surface area (Å²) in [5.74, 6) is 0.863. The maximum absolute atomic E-state index is 5.89. The molecule has 0 amide bonds. The molecule has 0 fully saturated rings. The van der Waals surface area contributed by atoms with E-state index < -0.39 is 0 Å². The van der Waals surface area contributed by atoms with Gasteiger partial charge >= 0.3 is 0 Å². The molecule has 1 heterocycles. The first-order chi connectivity index (χ1) is 11.8. The van der Waals surface area contributed by atoms with Gasteiger partial charge in [-0.1, -0.05) is 41.9 Å². The van der Waals surface area contributed by atoms with Crippen LogP contribution in [0.2, 0.25) is 5.02 Å². The molecule has 1 N–H and O–H groups in total. The monoisotopic (exact) mass is 338 g/mol. The summed E-state index contributed by atoms with van der Waals surface area (Å²) >= 11 is 5.89. The normalized spacial score (nSPS) is 10.5. The highest BCUT2D eigenvalue weighted by atomic mass is 35.5. The van der Waals surface area contributed by atoms with E-state index in [1.165, 1.54) is 5.56 Å². The van der Waals surface area contributed by atoms with Crippen molar-refractivity contribution in [3.05, 3.63) is 94.8 Å². The van der Waals surface area contributed by atoms with Gasteiger partial charge in [0, 0.05) is 24.3 Å². The standard InChI is InChI=1S/C20H19ClN2O/c21-18-9-7-16(8-10-18)15-24-20-6-3-4-17(12-20)13-22-14-19-5-1-2-11-23-19/h1-12,22H,13-15H2. The SMILES string of the molecule is Clc1ccc(COc2cccc(CNCc3ccccn3)c2)cc1. The molecular weight excluding hydrogens is 320 g/mol. The summed E-state index contributed by atoms with van der Waals surface area (Å²) in [5.41, 5.74) is 3.31. The van der Waals surface area contributed by atoms with Crippen molar-refractivity contribution in [2.75, 3.05) is 0 Å². The lowest BCUT2D eigenvalue weighted by Gasteiger charge is -2.09. The zero-order valence-corrected chi connectivity index (χ0v) is 14.0. The summed E-state index contributed by atoms with van der Waals surface area (Å²) in [6.07, 6.45) is 1.81. The fourth-order valence-electron chi connectivity index (χ4n) is 2.33. The minimum absolute atomic E-state index is 0.530. The van der Waals surface area contributed by atoms with E-state index in [1.807, 2.05) is 60.8 Å². The van der Waals surface area contributed by atoms with Crippen molar-refractivity contribution in [2.45, 2.75) is 19.7 Å². The Bertz CT molecular complexity index is 760. The van der Waals surface area contributed by atoms with E-state index in [1.54, 1.807) is 0 Å². The van der Waals surface area contributed by atoms with E-state index in [4.69, 9.17) is 16.3 Å². The van der Waals surface area contributed by atoms with E-state index in [2.05, 4.69) is 22.4 Å². The molecule has 0 unspecified atom stereocenters. The summed E-state index contributed by atoms with van der Waals surface area (Å²) < 4.78 is 5.85. The number of ether oxygens (including phenoxy) is 1. The number of hydrogen-bond donors (Lipinski definition) is 1. The quantitative estimate of drug-likeness (QED) is 0.683. The molecule has 3 nitrogen and oxygen atoms in total. The number of pyridine rings is 1. The van der Waals surface area contributed by atoms with Gasteiger partial charge in [-0.2, -0.15) is 0 Å². The van der Waals surface area contributed by atoms with Crippen molar-refractivity contribution in [1.82, 2.24) is 10.3 Å². The molecule has 3 aromatic rings. The van der Waals surface area contributed by atoms with Crippen LogP contribution < -0.4 is 10.1 Å². The first-order valence-electron chi connectivity index (χ1n) is 7.86. The Labute approximate surface area is 147 Å². The van der Waals surface area contributed by atoms with E-state index in [0.717, 1.165) is 35.1 Å². The van der Waals surface area contributed by atoms with Crippen LogP contribution in [0.1, 0.15) is 16.8 Å². The molecule has 24 heavy (non-hydrogen) atoms. The lowest BCUT2D eigenvalue weighted by molar-refractivity contribution is 0.306. The second-order valence-electron chi connectivity index (χ2n) is 5.49. The van der Waals surface area contributed by atoms with Crippen molar-refractivity contribution >= 4 is 11.6 Å². The molecule has 1 aromatic heterocycles. The van der Waals surface area contributed by atoms with Crippen molar-refractivity contribution in [2.24, 2.45) is 0 Å². The Kier molecular flexibility index (Phi) is 5.83. The number of hydrogen-bond acceptors (Lipinski definition) is 3. The van der Waals surface area contributed by atoms with Crippen LogP contribution in [0.3, 0.4) is 0 Å². The van der Waals surface area contributed by atoms with Crippen LogP contribution >= 0.6 is 11.6 Å². The maximum atomic E-state index is 5.89. The van der Waals surface area contributed by atoms with Crippen LogP contribution in [0, 0.1) is 0 Å². The topological polar surface area (TPSA) is 34.1 Å². The third-order valence-corrected chi connectivity index (χ3v) is 3.83. The molecule has 0 saturated heterocycles. The van der Waals surface area contributed by atoms with E-state index in [-0.39, 0.29) is 0 Å². The molecule has 3 rings (SSSR count). The number of benzene rings is 2.